The van der Waals surface area contributed by atoms with Gasteiger partial charge in [-0.3, -0.25) is 19.0 Å². The molecule has 2 heterocycles. The third kappa shape index (κ3) is 4.57. The number of nitrogens with zero attached hydrogens (tertiary/aromatic N) is 2. The van der Waals surface area contributed by atoms with Crippen LogP contribution in [0.25, 0.3) is 22.2 Å². The highest BCUT2D eigenvalue weighted by molar-refractivity contribution is 7.99. The Balaban J connectivity index is 1.66. The maximum atomic E-state index is 13.0. The monoisotopic (exact) mass is 448 g/mol. The smallest absolute Gasteiger partial charge is 0.323 e. The van der Waals surface area contributed by atoms with Crippen LogP contribution in [-0.4, -0.2) is 37.3 Å². The molecule has 0 aliphatic rings. The number of benzene rings is 2. The minimum absolute atomic E-state index is 0.0312. The van der Waals surface area contributed by atoms with Crippen LogP contribution in [0.3, 0.4) is 0 Å². The first-order valence-corrected chi connectivity index (χ1v) is 10.8. The molecule has 0 atom stereocenters. The van der Waals surface area contributed by atoms with Crippen molar-refractivity contribution in [2.75, 3.05) is 11.1 Å². The van der Waals surface area contributed by atoms with Gasteiger partial charge in [-0.2, -0.15) is 0 Å². The summed E-state index contributed by atoms with van der Waals surface area (Å²) in [6.07, 6.45) is 1.68. The first-order valence-electron chi connectivity index (χ1n) is 9.81. The molecule has 0 unspecified atom stereocenters. The summed E-state index contributed by atoms with van der Waals surface area (Å²) >= 11 is 1.02. The number of aromatic nitrogens is 3. The van der Waals surface area contributed by atoms with Gasteiger partial charge in [0.2, 0.25) is 5.91 Å². The van der Waals surface area contributed by atoms with Crippen LogP contribution in [0, 0.1) is 6.92 Å². The lowest BCUT2D eigenvalue weighted by Gasteiger charge is -2.11. The van der Waals surface area contributed by atoms with Gasteiger partial charge in [0.15, 0.2) is 5.16 Å². The average molecular weight is 449 g/mol. The van der Waals surface area contributed by atoms with Crippen molar-refractivity contribution in [3.8, 4) is 11.1 Å². The molecular weight excluding hydrogens is 428 g/mol. The summed E-state index contributed by atoms with van der Waals surface area (Å²) < 4.78 is 1.07. The second kappa shape index (κ2) is 9.11. The summed E-state index contributed by atoms with van der Waals surface area (Å²) in [6.45, 7) is 1.40. The number of H-pyrrole nitrogens is 1. The minimum atomic E-state index is -1.17. The van der Waals surface area contributed by atoms with Gasteiger partial charge in [0.1, 0.15) is 17.6 Å². The molecule has 0 aliphatic carbocycles. The molecule has 32 heavy (non-hydrogen) atoms. The zero-order chi connectivity index (χ0) is 22.7. The van der Waals surface area contributed by atoms with Gasteiger partial charge in [0.25, 0.3) is 5.56 Å². The number of anilines is 1. The Morgan fingerprint density at radius 1 is 1.12 bits per heavy atom. The van der Waals surface area contributed by atoms with Gasteiger partial charge in [-0.25, -0.2) is 4.98 Å². The lowest BCUT2D eigenvalue weighted by atomic mass is 10.1. The number of fused-ring (bicyclic) bond motifs is 1. The van der Waals surface area contributed by atoms with Gasteiger partial charge >= 0.3 is 5.97 Å². The second-order valence-corrected chi connectivity index (χ2v) is 8.12. The standard InChI is InChI=1S/C23H20N4O4S/c1-14-7-9-16(10-8-14)25-18(28)13-32-23-26-20-17(15-5-3-2-4-6-15)11-24-21(20)22(31)27(23)12-19(29)30/h2-11,24H,12-13H2,1H3,(H,25,28)(H,29,30). The first kappa shape index (κ1) is 21.4. The van der Waals surface area contributed by atoms with Gasteiger partial charge in [0.05, 0.1) is 5.75 Å². The molecule has 162 valence electrons. The Hall–Kier alpha value is -3.85. The fraction of sp³-hybridized carbons (Fsp3) is 0.130. The highest BCUT2D eigenvalue weighted by Gasteiger charge is 2.19. The predicted octanol–water partition coefficient (Wildman–Crippen LogP) is 3.52. The highest BCUT2D eigenvalue weighted by atomic mass is 32.2. The SMILES string of the molecule is Cc1ccc(NC(=O)CSc2nc3c(-c4ccccc4)c[nH]c3c(=O)n2CC(=O)O)cc1. The third-order valence-electron chi connectivity index (χ3n) is 4.80. The van der Waals surface area contributed by atoms with Crippen LogP contribution < -0.4 is 10.9 Å². The van der Waals surface area contributed by atoms with Crippen molar-refractivity contribution < 1.29 is 14.7 Å². The molecule has 2 aromatic heterocycles. The van der Waals surface area contributed by atoms with Crippen LogP contribution in [0.2, 0.25) is 0 Å². The Kier molecular flexibility index (Phi) is 6.09. The number of amides is 1. The summed E-state index contributed by atoms with van der Waals surface area (Å²) in [6, 6.07) is 16.8. The zero-order valence-corrected chi connectivity index (χ0v) is 18.0. The molecule has 4 aromatic rings. The van der Waals surface area contributed by atoms with Crippen molar-refractivity contribution in [2.24, 2.45) is 0 Å². The van der Waals surface area contributed by atoms with Crippen LogP contribution >= 0.6 is 11.8 Å². The minimum Gasteiger partial charge on any atom is -0.480 e. The number of hydrogen-bond acceptors (Lipinski definition) is 5. The lowest BCUT2D eigenvalue weighted by molar-refractivity contribution is -0.137. The summed E-state index contributed by atoms with van der Waals surface area (Å²) in [7, 11) is 0. The van der Waals surface area contributed by atoms with Crippen molar-refractivity contribution in [3.63, 3.8) is 0 Å². The van der Waals surface area contributed by atoms with E-state index in [9.17, 15) is 19.5 Å². The van der Waals surface area contributed by atoms with Crippen LogP contribution in [0.1, 0.15) is 5.56 Å². The fourth-order valence-corrected chi connectivity index (χ4v) is 4.05. The number of nitrogens with one attached hydrogen (secondary N) is 2. The number of hydrogen-bond donors (Lipinski definition) is 3. The van der Waals surface area contributed by atoms with E-state index in [4.69, 9.17) is 0 Å². The van der Waals surface area contributed by atoms with E-state index < -0.39 is 18.1 Å². The normalized spacial score (nSPS) is 10.9. The van der Waals surface area contributed by atoms with Crippen molar-refractivity contribution >= 4 is 40.4 Å². The van der Waals surface area contributed by atoms with Crippen LogP contribution in [0.4, 0.5) is 5.69 Å². The summed E-state index contributed by atoms with van der Waals surface area (Å²) in [5.74, 6) is -1.49. The first-order chi connectivity index (χ1) is 15.4. The fourth-order valence-electron chi connectivity index (χ4n) is 3.26. The number of rotatable bonds is 7. The lowest BCUT2D eigenvalue weighted by Crippen LogP contribution is -2.27. The highest BCUT2D eigenvalue weighted by Crippen LogP contribution is 2.27. The number of carbonyl (C=O) groups is 2. The molecule has 9 heteroatoms. The molecule has 0 spiro atoms. The van der Waals surface area contributed by atoms with Gasteiger partial charge in [-0.05, 0) is 24.6 Å². The van der Waals surface area contributed by atoms with Gasteiger partial charge in [-0.1, -0.05) is 59.8 Å². The Morgan fingerprint density at radius 2 is 1.84 bits per heavy atom. The van der Waals surface area contributed by atoms with Gasteiger partial charge in [0, 0.05) is 17.4 Å². The predicted molar refractivity (Wildman–Crippen MR) is 124 cm³/mol. The van der Waals surface area contributed by atoms with E-state index in [1.54, 1.807) is 18.3 Å². The summed E-state index contributed by atoms with van der Waals surface area (Å²) in [5, 5.41) is 12.2. The molecule has 4 rings (SSSR count). The van der Waals surface area contributed by atoms with E-state index in [0.717, 1.165) is 33.0 Å². The molecule has 2 aromatic carbocycles. The molecule has 0 aliphatic heterocycles. The molecule has 8 nitrogen and oxygen atoms in total. The van der Waals surface area contributed by atoms with E-state index in [2.05, 4.69) is 15.3 Å². The van der Waals surface area contributed by atoms with Crippen molar-refractivity contribution in [3.05, 3.63) is 76.7 Å². The van der Waals surface area contributed by atoms with Crippen molar-refractivity contribution in [1.29, 1.82) is 0 Å². The van der Waals surface area contributed by atoms with E-state index in [1.165, 1.54) is 0 Å². The molecule has 0 bridgehead atoms. The number of carbonyl (C=O) groups excluding carboxylic acids is 1. The number of thioether (sulfide) groups is 1. The number of carboxylic acid groups (broad SMARTS) is 1. The molecule has 0 saturated carbocycles. The number of carboxylic acids is 1. The molecule has 0 radical (unpaired) electrons. The van der Waals surface area contributed by atoms with E-state index >= 15 is 0 Å². The number of aromatic amines is 1. The Bertz CT molecular complexity index is 1340. The molecular formula is C23H20N4O4S. The number of aliphatic carboxylic acids is 1. The topological polar surface area (TPSA) is 117 Å². The second-order valence-electron chi connectivity index (χ2n) is 7.17. The van der Waals surface area contributed by atoms with Gasteiger partial charge < -0.3 is 15.4 Å². The van der Waals surface area contributed by atoms with Gasteiger partial charge in [-0.15, -0.1) is 0 Å². The summed E-state index contributed by atoms with van der Waals surface area (Å²) in [5.41, 5.74) is 3.49. The average Bonchev–Trinajstić information content (AvgIpc) is 3.20. The number of aryl methyl sites for hydroxylation is 1. The molecule has 0 saturated heterocycles. The van der Waals surface area contributed by atoms with Crippen LogP contribution in [-0.2, 0) is 16.1 Å². The van der Waals surface area contributed by atoms with E-state index in [-0.39, 0.29) is 22.3 Å². The van der Waals surface area contributed by atoms with Crippen molar-refractivity contribution in [2.45, 2.75) is 18.6 Å². The van der Waals surface area contributed by atoms with Crippen LogP contribution in [0.5, 0.6) is 0 Å². The largest absolute Gasteiger partial charge is 0.480 e. The quantitative estimate of drug-likeness (QED) is 0.294. The third-order valence-corrected chi connectivity index (χ3v) is 5.77. The molecule has 1 amide bonds. The molecule has 0 fully saturated rings. The zero-order valence-electron chi connectivity index (χ0n) is 17.2. The maximum absolute atomic E-state index is 13.0. The van der Waals surface area contributed by atoms with E-state index in [1.807, 2.05) is 49.4 Å². The van der Waals surface area contributed by atoms with E-state index in [0.29, 0.717) is 11.2 Å². The summed E-state index contributed by atoms with van der Waals surface area (Å²) in [4.78, 5) is 44.3. The molecule has 3 N–H and O–H groups in total. The van der Waals surface area contributed by atoms with Crippen molar-refractivity contribution in [1.82, 2.24) is 14.5 Å². The maximum Gasteiger partial charge on any atom is 0.323 e. The Morgan fingerprint density at radius 3 is 2.53 bits per heavy atom. The Labute approximate surface area is 187 Å². The van der Waals surface area contributed by atoms with Crippen LogP contribution in [0.15, 0.2) is 70.7 Å².